The molecule has 1 aromatic rings. The Morgan fingerprint density at radius 3 is 2.75 bits per heavy atom. The summed E-state index contributed by atoms with van der Waals surface area (Å²) in [6, 6.07) is 4.51. The number of anilines is 1. The van der Waals surface area contributed by atoms with Gasteiger partial charge in [0.05, 0.1) is 4.92 Å². The molecule has 0 saturated heterocycles. The highest BCUT2D eigenvalue weighted by Crippen LogP contribution is 2.20. The number of aryl methyl sites for hydroxylation is 1. The summed E-state index contributed by atoms with van der Waals surface area (Å²) in [6.07, 6.45) is 0.233. The van der Waals surface area contributed by atoms with Crippen LogP contribution in [-0.4, -0.2) is 17.4 Å². The van der Waals surface area contributed by atoms with Crippen LogP contribution in [0.3, 0.4) is 0 Å². The van der Waals surface area contributed by atoms with Gasteiger partial charge in [-0.1, -0.05) is 0 Å². The van der Waals surface area contributed by atoms with E-state index in [4.69, 9.17) is 5.73 Å². The number of benzene rings is 1. The summed E-state index contributed by atoms with van der Waals surface area (Å²) < 4.78 is 0. The number of carbonyl (C=O) groups is 1. The number of nitro benzene ring substituents is 1. The monoisotopic (exact) mass is 223 g/mol. The van der Waals surface area contributed by atoms with Crippen LogP contribution < -0.4 is 11.1 Å². The molecule has 0 atom stereocenters. The maximum atomic E-state index is 10.5. The van der Waals surface area contributed by atoms with Gasteiger partial charge in [0.1, 0.15) is 0 Å². The van der Waals surface area contributed by atoms with Gasteiger partial charge in [-0.2, -0.15) is 0 Å². The number of nitrogens with two attached hydrogens (primary N) is 1. The number of carbonyl (C=O) groups excluding carboxylic acids is 1. The number of hydrogen-bond acceptors (Lipinski definition) is 4. The van der Waals surface area contributed by atoms with Crippen molar-refractivity contribution in [2.75, 3.05) is 11.9 Å². The molecule has 1 aromatic carbocycles. The highest BCUT2D eigenvalue weighted by molar-refractivity contribution is 5.74. The minimum Gasteiger partial charge on any atom is -0.384 e. The Kier molecular flexibility index (Phi) is 3.82. The molecule has 0 heterocycles. The number of non-ortho nitro benzene ring substituents is 1. The van der Waals surface area contributed by atoms with Crippen molar-refractivity contribution in [2.45, 2.75) is 13.3 Å². The van der Waals surface area contributed by atoms with Crippen LogP contribution in [0.4, 0.5) is 11.4 Å². The molecule has 3 N–H and O–H groups in total. The maximum Gasteiger partial charge on any atom is 0.269 e. The summed E-state index contributed by atoms with van der Waals surface area (Å²) in [7, 11) is 0. The number of nitro groups is 1. The lowest BCUT2D eigenvalue weighted by molar-refractivity contribution is -0.384. The van der Waals surface area contributed by atoms with Crippen molar-refractivity contribution in [1.82, 2.24) is 0 Å². The fourth-order valence-electron chi connectivity index (χ4n) is 1.28. The van der Waals surface area contributed by atoms with Crippen LogP contribution >= 0.6 is 0 Å². The van der Waals surface area contributed by atoms with Crippen LogP contribution in [0, 0.1) is 17.0 Å². The van der Waals surface area contributed by atoms with Crippen LogP contribution in [0.2, 0.25) is 0 Å². The van der Waals surface area contributed by atoms with E-state index < -0.39 is 4.92 Å². The topological polar surface area (TPSA) is 98.3 Å². The maximum absolute atomic E-state index is 10.5. The number of amides is 1. The van der Waals surface area contributed by atoms with Gasteiger partial charge in [-0.05, 0) is 18.6 Å². The summed E-state index contributed by atoms with van der Waals surface area (Å²) in [4.78, 5) is 20.6. The first-order valence-corrected chi connectivity index (χ1v) is 4.78. The Balaban J connectivity index is 2.68. The predicted octanol–water partition coefficient (Wildman–Crippen LogP) is 1.19. The molecule has 0 spiro atoms. The Bertz CT molecular complexity index is 418. The largest absolute Gasteiger partial charge is 0.384 e. The van der Waals surface area contributed by atoms with Crippen molar-refractivity contribution in [3.05, 3.63) is 33.9 Å². The molecule has 0 aliphatic carbocycles. The van der Waals surface area contributed by atoms with E-state index in [1.54, 1.807) is 13.0 Å². The van der Waals surface area contributed by atoms with Gasteiger partial charge in [0.2, 0.25) is 5.91 Å². The fourth-order valence-corrected chi connectivity index (χ4v) is 1.28. The zero-order valence-electron chi connectivity index (χ0n) is 8.90. The van der Waals surface area contributed by atoms with E-state index in [1.807, 2.05) is 0 Å². The van der Waals surface area contributed by atoms with Crippen molar-refractivity contribution in [3.63, 3.8) is 0 Å². The van der Waals surface area contributed by atoms with Crippen LogP contribution in [0.25, 0.3) is 0 Å². The van der Waals surface area contributed by atoms with Gasteiger partial charge in [-0.25, -0.2) is 0 Å². The van der Waals surface area contributed by atoms with Gasteiger partial charge < -0.3 is 11.1 Å². The summed E-state index contributed by atoms with van der Waals surface area (Å²) in [5.41, 5.74) is 6.58. The lowest BCUT2D eigenvalue weighted by Gasteiger charge is -2.07. The molecule has 0 aliphatic heterocycles. The normalized spacial score (nSPS) is 9.81. The number of primary amides is 1. The second-order valence-corrected chi connectivity index (χ2v) is 3.40. The second kappa shape index (κ2) is 5.11. The average molecular weight is 223 g/mol. The van der Waals surface area contributed by atoms with E-state index in [0.29, 0.717) is 6.54 Å². The van der Waals surface area contributed by atoms with Crippen molar-refractivity contribution in [3.8, 4) is 0 Å². The molecule has 0 aliphatic rings. The predicted molar refractivity (Wildman–Crippen MR) is 60.1 cm³/mol. The Morgan fingerprint density at radius 1 is 1.56 bits per heavy atom. The van der Waals surface area contributed by atoms with E-state index in [0.717, 1.165) is 11.3 Å². The van der Waals surface area contributed by atoms with Crippen molar-refractivity contribution in [2.24, 2.45) is 5.73 Å². The fraction of sp³-hybridized carbons (Fsp3) is 0.300. The Labute approximate surface area is 92.6 Å². The third-order valence-electron chi connectivity index (χ3n) is 2.11. The first-order chi connectivity index (χ1) is 7.50. The van der Waals surface area contributed by atoms with Crippen LogP contribution in [0.1, 0.15) is 12.0 Å². The third kappa shape index (κ3) is 3.23. The zero-order chi connectivity index (χ0) is 12.1. The summed E-state index contributed by atoms with van der Waals surface area (Å²) in [6.45, 7) is 2.19. The first-order valence-electron chi connectivity index (χ1n) is 4.78. The quantitative estimate of drug-likeness (QED) is 0.578. The van der Waals surface area contributed by atoms with Crippen molar-refractivity contribution in [1.29, 1.82) is 0 Å². The number of nitrogens with one attached hydrogen (secondary N) is 1. The molecule has 6 heteroatoms. The molecule has 0 radical (unpaired) electrons. The molecular weight excluding hydrogens is 210 g/mol. The van der Waals surface area contributed by atoms with E-state index in [2.05, 4.69) is 5.32 Å². The smallest absolute Gasteiger partial charge is 0.269 e. The van der Waals surface area contributed by atoms with Crippen molar-refractivity contribution < 1.29 is 9.72 Å². The van der Waals surface area contributed by atoms with Crippen molar-refractivity contribution >= 4 is 17.3 Å². The standard InChI is InChI=1S/C10H13N3O3/c1-7-6-8(13(15)16)2-3-9(7)12-5-4-10(11)14/h2-3,6,12H,4-5H2,1H3,(H2,11,14). The lowest BCUT2D eigenvalue weighted by Crippen LogP contribution is -2.16. The van der Waals surface area contributed by atoms with Gasteiger partial charge in [-0.3, -0.25) is 14.9 Å². The van der Waals surface area contributed by atoms with Gasteiger partial charge in [0.25, 0.3) is 5.69 Å². The molecule has 0 fully saturated rings. The van der Waals surface area contributed by atoms with E-state index in [1.165, 1.54) is 12.1 Å². The Morgan fingerprint density at radius 2 is 2.25 bits per heavy atom. The molecule has 6 nitrogen and oxygen atoms in total. The molecule has 86 valence electrons. The van der Waals surface area contributed by atoms with Gasteiger partial charge in [0, 0.05) is 30.8 Å². The molecule has 0 saturated carbocycles. The van der Waals surface area contributed by atoms with Crippen LogP contribution in [0.5, 0.6) is 0 Å². The minimum absolute atomic E-state index is 0.0537. The molecule has 0 bridgehead atoms. The molecule has 0 aromatic heterocycles. The number of rotatable bonds is 5. The minimum atomic E-state index is -0.444. The lowest BCUT2D eigenvalue weighted by atomic mass is 10.2. The number of nitrogens with zero attached hydrogens (tertiary/aromatic N) is 1. The van der Waals surface area contributed by atoms with Crippen LogP contribution in [-0.2, 0) is 4.79 Å². The second-order valence-electron chi connectivity index (χ2n) is 3.40. The van der Waals surface area contributed by atoms with Gasteiger partial charge in [-0.15, -0.1) is 0 Å². The first kappa shape index (κ1) is 12.0. The molecule has 1 rings (SSSR count). The SMILES string of the molecule is Cc1cc([N+](=O)[O-])ccc1NCCC(N)=O. The average Bonchev–Trinajstić information content (AvgIpc) is 2.19. The molecular formula is C10H13N3O3. The van der Waals surface area contributed by atoms with E-state index in [9.17, 15) is 14.9 Å². The zero-order valence-corrected chi connectivity index (χ0v) is 8.90. The molecule has 1 amide bonds. The molecule has 0 unspecified atom stereocenters. The van der Waals surface area contributed by atoms with E-state index >= 15 is 0 Å². The third-order valence-corrected chi connectivity index (χ3v) is 2.11. The summed E-state index contributed by atoms with van der Waals surface area (Å²) in [5, 5.41) is 13.5. The number of hydrogen-bond donors (Lipinski definition) is 2. The van der Waals surface area contributed by atoms with Gasteiger partial charge >= 0.3 is 0 Å². The summed E-state index contributed by atoms with van der Waals surface area (Å²) >= 11 is 0. The van der Waals surface area contributed by atoms with E-state index in [-0.39, 0.29) is 18.0 Å². The summed E-state index contributed by atoms with van der Waals surface area (Å²) in [5.74, 6) is -0.382. The highest BCUT2D eigenvalue weighted by Gasteiger charge is 2.07. The highest BCUT2D eigenvalue weighted by atomic mass is 16.6. The molecule has 16 heavy (non-hydrogen) atoms. The van der Waals surface area contributed by atoms with Gasteiger partial charge in [0.15, 0.2) is 0 Å². The van der Waals surface area contributed by atoms with Crippen LogP contribution in [0.15, 0.2) is 18.2 Å². The Hall–Kier alpha value is -2.11.